The van der Waals surface area contributed by atoms with Gasteiger partial charge in [0.15, 0.2) is 0 Å². The normalized spacial score (nSPS) is 11.6. The van der Waals surface area contributed by atoms with Crippen LogP contribution < -0.4 is 0 Å². The SMILES string of the molecule is c1cc(-c2ccc(-c3cccc(-c4ccc5ccc6ccc(-c7cccc8ccccc78)cc6c5n4)c3)cc2)cc(-c2ccc3ccc4ccc(-c5cccc6ccccc56)cc4c3n2)c1. The Labute approximate surface area is 382 Å². The van der Waals surface area contributed by atoms with E-state index in [2.05, 4.69) is 243 Å². The van der Waals surface area contributed by atoms with Crippen LogP contribution in [0.15, 0.2) is 243 Å². The zero-order valence-electron chi connectivity index (χ0n) is 36.0. The Balaban J connectivity index is 0.805. The first kappa shape index (κ1) is 37.8. The summed E-state index contributed by atoms with van der Waals surface area (Å²) < 4.78 is 0. The van der Waals surface area contributed by atoms with Crippen LogP contribution in [0, 0.1) is 0 Å². The van der Waals surface area contributed by atoms with Crippen molar-refractivity contribution in [3.63, 3.8) is 0 Å². The molecule has 0 saturated carbocycles. The molecule has 2 nitrogen and oxygen atoms in total. The second kappa shape index (κ2) is 15.5. The molecule has 66 heavy (non-hydrogen) atoms. The highest BCUT2D eigenvalue weighted by molar-refractivity contribution is 6.10. The van der Waals surface area contributed by atoms with Gasteiger partial charge in [0.2, 0.25) is 0 Å². The fourth-order valence-corrected chi connectivity index (χ4v) is 9.99. The lowest BCUT2D eigenvalue weighted by molar-refractivity contribution is 1.41. The summed E-state index contributed by atoms with van der Waals surface area (Å²) >= 11 is 0. The van der Waals surface area contributed by atoms with Gasteiger partial charge in [0, 0.05) is 32.7 Å². The lowest BCUT2D eigenvalue weighted by Crippen LogP contribution is -1.89. The van der Waals surface area contributed by atoms with Crippen molar-refractivity contribution in [3.05, 3.63) is 243 Å². The Morgan fingerprint density at radius 1 is 0.197 bits per heavy atom. The Hall–Kier alpha value is -8.72. The van der Waals surface area contributed by atoms with E-state index in [9.17, 15) is 0 Å². The Kier molecular flexibility index (Phi) is 8.89. The monoisotopic (exact) mass is 836 g/mol. The van der Waals surface area contributed by atoms with Gasteiger partial charge in [-0.25, -0.2) is 9.97 Å². The minimum Gasteiger partial charge on any atom is -0.247 e. The van der Waals surface area contributed by atoms with Gasteiger partial charge in [0.25, 0.3) is 0 Å². The number of hydrogen-bond acceptors (Lipinski definition) is 2. The van der Waals surface area contributed by atoms with Crippen molar-refractivity contribution < 1.29 is 0 Å². The lowest BCUT2D eigenvalue weighted by Gasteiger charge is -2.12. The van der Waals surface area contributed by atoms with Crippen LogP contribution in [-0.4, -0.2) is 9.97 Å². The van der Waals surface area contributed by atoms with Crippen LogP contribution in [0.3, 0.4) is 0 Å². The van der Waals surface area contributed by atoms with Crippen molar-refractivity contribution in [2.24, 2.45) is 0 Å². The molecule has 0 aliphatic heterocycles. The quantitative estimate of drug-likeness (QED) is 0.156. The number of rotatable bonds is 6. The molecule has 13 rings (SSSR count). The molecular formula is C64H40N2. The molecule has 0 aliphatic rings. The van der Waals surface area contributed by atoms with Crippen LogP contribution in [-0.2, 0) is 0 Å². The highest BCUT2D eigenvalue weighted by atomic mass is 14.7. The van der Waals surface area contributed by atoms with E-state index < -0.39 is 0 Å². The summed E-state index contributed by atoms with van der Waals surface area (Å²) in [5.41, 5.74) is 15.6. The predicted octanol–water partition coefficient (Wildman–Crippen LogP) is 17.4. The first-order valence-electron chi connectivity index (χ1n) is 22.6. The van der Waals surface area contributed by atoms with Gasteiger partial charge in [-0.05, 0) is 113 Å². The fourth-order valence-electron chi connectivity index (χ4n) is 9.99. The van der Waals surface area contributed by atoms with Gasteiger partial charge >= 0.3 is 0 Å². The molecule has 0 spiro atoms. The summed E-state index contributed by atoms with van der Waals surface area (Å²) in [4.78, 5) is 10.7. The zero-order valence-corrected chi connectivity index (χ0v) is 36.0. The molecule has 0 fully saturated rings. The molecule has 0 N–H and O–H groups in total. The summed E-state index contributed by atoms with van der Waals surface area (Å²) in [7, 11) is 0. The molecule has 0 amide bonds. The van der Waals surface area contributed by atoms with E-state index >= 15 is 0 Å². The van der Waals surface area contributed by atoms with E-state index in [0.29, 0.717) is 0 Å². The minimum atomic E-state index is 0.960. The average molecular weight is 837 g/mol. The number of benzene rings is 11. The van der Waals surface area contributed by atoms with E-state index in [1.54, 1.807) is 0 Å². The van der Waals surface area contributed by atoms with E-state index in [1.165, 1.54) is 54.6 Å². The molecule has 306 valence electrons. The Bertz CT molecular complexity index is 3780. The standard InChI is InChI=1S/C64H40N2/c1-3-17-55-43(9-1)11-7-19-57(55)51-31-27-45-25-29-47-33-35-61(65-63(47)59(45)39-51)53-15-5-13-49(37-53)41-21-23-42(24-22-41)50-14-6-16-54(38-50)62-36-34-48-30-26-46-28-32-52(40-60(46)64(48)66-62)58-20-8-12-44-10-2-4-18-56(44)58/h1-40H. The maximum absolute atomic E-state index is 5.35. The molecule has 2 heterocycles. The second-order valence-electron chi connectivity index (χ2n) is 17.3. The van der Waals surface area contributed by atoms with Crippen molar-refractivity contribution >= 4 is 64.9 Å². The number of fused-ring (bicyclic) bond motifs is 8. The molecule has 2 aromatic heterocycles. The molecule has 0 atom stereocenters. The third-order valence-electron chi connectivity index (χ3n) is 13.4. The molecule has 13 aromatic rings. The van der Waals surface area contributed by atoms with Crippen molar-refractivity contribution in [2.75, 3.05) is 0 Å². The first-order valence-corrected chi connectivity index (χ1v) is 22.6. The van der Waals surface area contributed by atoms with Crippen molar-refractivity contribution in [1.29, 1.82) is 0 Å². The Morgan fingerprint density at radius 2 is 0.545 bits per heavy atom. The van der Waals surface area contributed by atoms with E-state index in [4.69, 9.17) is 9.97 Å². The third-order valence-corrected chi connectivity index (χ3v) is 13.4. The largest absolute Gasteiger partial charge is 0.247 e. The fraction of sp³-hybridized carbons (Fsp3) is 0. The number of pyridine rings is 2. The lowest BCUT2D eigenvalue weighted by atomic mass is 9.95. The minimum absolute atomic E-state index is 0.960. The summed E-state index contributed by atoms with van der Waals surface area (Å²) in [6.45, 7) is 0. The number of aromatic nitrogens is 2. The van der Waals surface area contributed by atoms with Gasteiger partial charge in [-0.2, -0.15) is 0 Å². The third kappa shape index (κ3) is 6.58. The molecule has 0 radical (unpaired) electrons. The maximum Gasteiger partial charge on any atom is 0.0788 e. The van der Waals surface area contributed by atoms with E-state index in [0.717, 1.165) is 77.3 Å². The van der Waals surface area contributed by atoms with Gasteiger partial charge in [-0.3, -0.25) is 0 Å². The van der Waals surface area contributed by atoms with Crippen LogP contribution in [0.2, 0.25) is 0 Å². The van der Waals surface area contributed by atoms with Crippen LogP contribution in [0.1, 0.15) is 0 Å². The second-order valence-corrected chi connectivity index (χ2v) is 17.3. The molecule has 2 heteroatoms. The van der Waals surface area contributed by atoms with E-state index in [-0.39, 0.29) is 0 Å². The van der Waals surface area contributed by atoms with Crippen LogP contribution in [0.25, 0.3) is 132 Å². The summed E-state index contributed by atoms with van der Waals surface area (Å²) in [5, 5.41) is 12.0. The molecule has 0 bridgehead atoms. The van der Waals surface area contributed by atoms with Gasteiger partial charge in [-0.1, -0.05) is 206 Å². The molecular weight excluding hydrogens is 797 g/mol. The zero-order chi connectivity index (χ0) is 43.6. The summed E-state index contributed by atoms with van der Waals surface area (Å²) in [6.07, 6.45) is 0. The average Bonchev–Trinajstić information content (AvgIpc) is 3.40. The maximum atomic E-state index is 5.35. The van der Waals surface area contributed by atoms with Gasteiger partial charge in [-0.15, -0.1) is 0 Å². The van der Waals surface area contributed by atoms with Gasteiger partial charge in [0.05, 0.1) is 22.4 Å². The molecule has 0 unspecified atom stereocenters. The van der Waals surface area contributed by atoms with Crippen LogP contribution in [0.5, 0.6) is 0 Å². The number of nitrogens with zero attached hydrogens (tertiary/aromatic N) is 2. The van der Waals surface area contributed by atoms with E-state index in [1.807, 2.05) is 0 Å². The summed E-state index contributed by atoms with van der Waals surface area (Å²) in [5.74, 6) is 0. The van der Waals surface area contributed by atoms with Crippen molar-refractivity contribution in [3.8, 4) is 67.0 Å². The predicted molar refractivity (Wildman–Crippen MR) is 280 cm³/mol. The van der Waals surface area contributed by atoms with Gasteiger partial charge < -0.3 is 0 Å². The highest BCUT2D eigenvalue weighted by Gasteiger charge is 2.13. The topological polar surface area (TPSA) is 25.8 Å². The van der Waals surface area contributed by atoms with Crippen LogP contribution in [0.4, 0.5) is 0 Å². The molecule has 11 aromatic carbocycles. The smallest absolute Gasteiger partial charge is 0.0788 e. The highest BCUT2D eigenvalue weighted by Crippen LogP contribution is 2.37. The molecule has 0 saturated heterocycles. The first-order chi connectivity index (χ1) is 32.7. The molecule has 0 aliphatic carbocycles. The van der Waals surface area contributed by atoms with Crippen LogP contribution >= 0.6 is 0 Å². The van der Waals surface area contributed by atoms with Crippen molar-refractivity contribution in [1.82, 2.24) is 9.97 Å². The van der Waals surface area contributed by atoms with Crippen molar-refractivity contribution in [2.45, 2.75) is 0 Å². The summed E-state index contributed by atoms with van der Waals surface area (Å²) in [6, 6.07) is 87.7. The number of hydrogen-bond donors (Lipinski definition) is 0. The van der Waals surface area contributed by atoms with Gasteiger partial charge in [0.1, 0.15) is 0 Å². The Morgan fingerprint density at radius 3 is 1.03 bits per heavy atom.